The maximum Gasteiger partial charge on any atom is 0.0169 e. The van der Waals surface area contributed by atoms with Crippen molar-refractivity contribution in [1.82, 2.24) is 5.32 Å². The molecule has 0 saturated heterocycles. The molecule has 0 bridgehead atoms. The topological polar surface area (TPSA) is 12.0 Å². The molecule has 1 heteroatoms. The Labute approximate surface area is 70.9 Å². The van der Waals surface area contributed by atoms with Gasteiger partial charge in [-0.15, -0.1) is 0 Å². The molecule has 0 aliphatic rings. The first-order valence-corrected chi connectivity index (χ1v) is 4.62. The summed E-state index contributed by atoms with van der Waals surface area (Å²) in [5.41, 5.74) is 1.16. The Morgan fingerprint density at radius 1 is 1.45 bits per heavy atom. The molecule has 0 rings (SSSR count). The SMILES string of the molecule is C=C(CC)NCC(C)CCC. The molecular formula is C10H21N. The summed E-state index contributed by atoms with van der Waals surface area (Å²) in [4.78, 5) is 0. The first kappa shape index (κ1) is 10.5. The van der Waals surface area contributed by atoms with Gasteiger partial charge in [-0.1, -0.05) is 33.8 Å². The third kappa shape index (κ3) is 5.96. The summed E-state index contributed by atoms with van der Waals surface area (Å²) in [7, 11) is 0. The molecule has 0 aliphatic carbocycles. The van der Waals surface area contributed by atoms with Crippen molar-refractivity contribution in [2.45, 2.75) is 40.0 Å². The molecule has 0 radical (unpaired) electrons. The molecule has 0 aromatic carbocycles. The predicted octanol–water partition coefficient (Wildman–Crippen LogP) is 2.94. The Morgan fingerprint density at radius 2 is 2.09 bits per heavy atom. The molecule has 0 amide bonds. The third-order valence-corrected chi connectivity index (χ3v) is 1.91. The van der Waals surface area contributed by atoms with Crippen molar-refractivity contribution in [2.24, 2.45) is 5.92 Å². The second-order valence-corrected chi connectivity index (χ2v) is 3.23. The Hall–Kier alpha value is -0.460. The summed E-state index contributed by atoms with van der Waals surface area (Å²) in [6, 6.07) is 0. The van der Waals surface area contributed by atoms with Crippen LogP contribution >= 0.6 is 0 Å². The smallest absolute Gasteiger partial charge is 0.0169 e. The maximum atomic E-state index is 3.89. The number of allylic oxidation sites excluding steroid dienone is 1. The van der Waals surface area contributed by atoms with E-state index in [1.165, 1.54) is 12.8 Å². The van der Waals surface area contributed by atoms with E-state index in [1.54, 1.807) is 0 Å². The number of hydrogen-bond donors (Lipinski definition) is 1. The van der Waals surface area contributed by atoms with Crippen LogP contribution in [0.4, 0.5) is 0 Å². The van der Waals surface area contributed by atoms with Crippen LogP contribution in [-0.4, -0.2) is 6.54 Å². The van der Waals surface area contributed by atoms with Crippen LogP contribution in [0.15, 0.2) is 12.3 Å². The standard InChI is InChI=1S/C10H21N/c1-5-7-9(3)8-11-10(4)6-2/h9,11H,4-8H2,1-3H3. The van der Waals surface area contributed by atoms with Gasteiger partial charge in [0.15, 0.2) is 0 Å². The highest BCUT2D eigenvalue weighted by Gasteiger charge is 1.98. The molecule has 0 aromatic rings. The molecule has 1 atom stereocenters. The summed E-state index contributed by atoms with van der Waals surface area (Å²) in [5, 5.41) is 3.32. The fourth-order valence-electron chi connectivity index (χ4n) is 1.04. The summed E-state index contributed by atoms with van der Waals surface area (Å²) < 4.78 is 0. The number of hydrogen-bond acceptors (Lipinski definition) is 1. The first-order valence-electron chi connectivity index (χ1n) is 4.62. The average Bonchev–Trinajstić information content (AvgIpc) is 2.01. The summed E-state index contributed by atoms with van der Waals surface area (Å²) in [5.74, 6) is 0.781. The van der Waals surface area contributed by atoms with Crippen LogP contribution in [0.2, 0.25) is 0 Å². The second kappa shape index (κ2) is 6.26. The zero-order chi connectivity index (χ0) is 8.69. The van der Waals surface area contributed by atoms with Gasteiger partial charge in [0.2, 0.25) is 0 Å². The normalized spacial score (nSPS) is 12.6. The molecule has 0 fully saturated rings. The van der Waals surface area contributed by atoms with Crippen molar-refractivity contribution in [3.63, 3.8) is 0 Å². The van der Waals surface area contributed by atoms with Crippen LogP contribution in [-0.2, 0) is 0 Å². The maximum absolute atomic E-state index is 3.89. The van der Waals surface area contributed by atoms with Crippen LogP contribution in [0, 0.1) is 5.92 Å². The molecule has 0 saturated carbocycles. The zero-order valence-corrected chi connectivity index (χ0v) is 8.11. The Kier molecular flexibility index (Phi) is 6.00. The van der Waals surface area contributed by atoms with Gasteiger partial charge >= 0.3 is 0 Å². The Bertz CT molecular complexity index is 107. The number of nitrogens with one attached hydrogen (secondary N) is 1. The van der Waals surface area contributed by atoms with E-state index in [0.29, 0.717) is 0 Å². The molecule has 1 unspecified atom stereocenters. The van der Waals surface area contributed by atoms with E-state index in [0.717, 1.165) is 24.6 Å². The van der Waals surface area contributed by atoms with E-state index < -0.39 is 0 Å². The van der Waals surface area contributed by atoms with Crippen molar-refractivity contribution in [1.29, 1.82) is 0 Å². The summed E-state index contributed by atoms with van der Waals surface area (Å²) >= 11 is 0. The second-order valence-electron chi connectivity index (χ2n) is 3.23. The van der Waals surface area contributed by atoms with Gasteiger partial charge in [-0.25, -0.2) is 0 Å². The van der Waals surface area contributed by atoms with Gasteiger partial charge in [-0.05, 0) is 18.8 Å². The fourth-order valence-corrected chi connectivity index (χ4v) is 1.04. The lowest BCUT2D eigenvalue weighted by Crippen LogP contribution is -2.19. The zero-order valence-electron chi connectivity index (χ0n) is 8.11. The largest absolute Gasteiger partial charge is 0.389 e. The molecule has 0 aliphatic heterocycles. The van der Waals surface area contributed by atoms with Gasteiger partial charge in [-0.2, -0.15) is 0 Å². The van der Waals surface area contributed by atoms with Crippen molar-refractivity contribution < 1.29 is 0 Å². The van der Waals surface area contributed by atoms with Gasteiger partial charge in [0.25, 0.3) is 0 Å². The van der Waals surface area contributed by atoms with Crippen molar-refractivity contribution in [3.8, 4) is 0 Å². The van der Waals surface area contributed by atoms with E-state index in [2.05, 4.69) is 32.7 Å². The minimum Gasteiger partial charge on any atom is -0.389 e. The molecule has 1 nitrogen and oxygen atoms in total. The van der Waals surface area contributed by atoms with Crippen LogP contribution in [0.25, 0.3) is 0 Å². The monoisotopic (exact) mass is 155 g/mol. The first-order chi connectivity index (χ1) is 5.20. The molecule has 0 aromatic heterocycles. The fraction of sp³-hybridized carbons (Fsp3) is 0.800. The van der Waals surface area contributed by atoms with Gasteiger partial charge in [0.05, 0.1) is 0 Å². The highest BCUT2D eigenvalue weighted by atomic mass is 14.9. The molecule has 11 heavy (non-hydrogen) atoms. The Morgan fingerprint density at radius 3 is 2.55 bits per heavy atom. The molecule has 0 spiro atoms. The summed E-state index contributed by atoms with van der Waals surface area (Å²) in [6.07, 6.45) is 3.63. The predicted molar refractivity (Wildman–Crippen MR) is 51.5 cm³/mol. The van der Waals surface area contributed by atoms with E-state index in [-0.39, 0.29) is 0 Å². The highest BCUT2D eigenvalue weighted by Crippen LogP contribution is 2.03. The van der Waals surface area contributed by atoms with E-state index >= 15 is 0 Å². The van der Waals surface area contributed by atoms with Crippen molar-refractivity contribution >= 4 is 0 Å². The number of rotatable bonds is 6. The van der Waals surface area contributed by atoms with E-state index in [1.807, 2.05) is 0 Å². The van der Waals surface area contributed by atoms with Crippen LogP contribution in [0.5, 0.6) is 0 Å². The molecule has 1 N–H and O–H groups in total. The average molecular weight is 155 g/mol. The van der Waals surface area contributed by atoms with Crippen LogP contribution in [0.1, 0.15) is 40.0 Å². The molecular weight excluding hydrogens is 134 g/mol. The van der Waals surface area contributed by atoms with Gasteiger partial charge < -0.3 is 5.32 Å². The lowest BCUT2D eigenvalue weighted by atomic mass is 10.1. The lowest BCUT2D eigenvalue weighted by Gasteiger charge is -2.12. The van der Waals surface area contributed by atoms with Crippen LogP contribution < -0.4 is 5.32 Å². The lowest BCUT2D eigenvalue weighted by molar-refractivity contribution is 0.497. The van der Waals surface area contributed by atoms with Gasteiger partial charge in [0, 0.05) is 12.2 Å². The highest BCUT2D eigenvalue weighted by molar-refractivity contribution is 4.89. The molecule has 0 heterocycles. The van der Waals surface area contributed by atoms with Crippen molar-refractivity contribution in [3.05, 3.63) is 12.3 Å². The Balaban J connectivity index is 3.29. The van der Waals surface area contributed by atoms with Gasteiger partial charge in [-0.3, -0.25) is 0 Å². The summed E-state index contributed by atoms with van der Waals surface area (Å²) in [6.45, 7) is 11.6. The van der Waals surface area contributed by atoms with Gasteiger partial charge in [0.1, 0.15) is 0 Å². The minimum absolute atomic E-state index is 0.781. The van der Waals surface area contributed by atoms with Crippen LogP contribution in [0.3, 0.4) is 0 Å². The van der Waals surface area contributed by atoms with E-state index in [4.69, 9.17) is 0 Å². The molecule has 66 valence electrons. The quantitative estimate of drug-likeness (QED) is 0.622. The van der Waals surface area contributed by atoms with Crippen molar-refractivity contribution in [2.75, 3.05) is 6.54 Å². The third-order valence-electron chi connectivity index (χ3n) is 1.91. The van der Waals surface area contributed by atoms with E-state index in [9.17, 15) is 0 Å². The minimum atomic E-state index is 0.781.